The highest BCUT2D eigenvalue weighted by Gasteiger charge is 2.20. The first-order valence-electron chi connectivity index (χ1n) is 10.7. The molecular formula is C24H27N3O3S2. The molecule has 8 heteroatoms. The molecule has 2 aromatic carbocycles. The second-order valence-electron chi connectivity index (χ2n) is 8.24. The molecule has 0 aliphatic heterocycles. The largest absolute Gasteiger partial charge is 0.508 e. The fourth-order valence-electron chi connectivity index (χ4n) is 4.04. The quantitative estimate of drug-likeness (QED) is 0.409. The van der Waals surface area contributed by atoms with E-state index in [1.54, 1.807) is 18.2 Å². The van der Waals surface area contributed by atoms with E-state index in [1.807, 2.05) is 32.0 Å². The Morgan fingerprint density at radius 1 is 1.19 bits per heavy atom. The van der Waals surface area contributed by atoms with Gasteiger partial charge in [0.05, 0.1) is 21.2 Å². The predicted octanol–water partition coefficient (Wildman–Crippen LogP) is 5.79. The topological polar surface area (TPSA) is 91.3 Å². The van der Waals surface area contributed by atoms with Crippen LogP contribution in [0.15, 0.2) is 47.4 Å². The number of amides is 1. The van der Waals surface area contributed by atoms with Crippen LogP contribution in [0.25, 0.3) is 10.4 Å². The molecule has 32 heavy (non-hydrogen) atoms. The zero-order valence-electron chi connectivity index (χ0n) is 18.2. The van der Waals surface area contributed by atoms with E-state index in [9.17, 15) is 14.1 Å². The zero-order chi connectivity index (χ0) is 22.7. The number of anilines is 2. The Morgan fingerprint density at radius 2 is 1.97 bits per heavy atom. The summed E-state index contributed by atoms with van der Waals surface area (Å²) in [6, 6.07) is 12.4. The van der Waals surface area contributed by atoms with Crippen molar-refractivity contribution in [3.63, 3.8) is 0 Å². The Bertz CT molecular complexity index is 1150. The fourth-order valence-corrected chi connectivity index (χ4v) is 6.06. The fraction of sp³-hybridized carbons (Fsp3) is 0.333. The van der Waals surface area contributed by atoms with Gasteiger partial charge in [0.15, 0.2) is 16.1 Å². The van der Waals surface area contributed by atoms with E-state index in [0.29, 0.717) is 28.1 Å². The summed E-state index contributed by atoms with van der Waals surface area (Å²) in [5, 5.41) is 13.2. The summed E-state index contributed by atoms with van der Waals surface area (Å²) in [7, 11) is -1.50. The van der Waals surface area contributed by atoms with Gasteiger partial charge in [0.1, 0.15) is 5.75 Å². The van der Waals surface area contributed by atoms with E-state index in [1.165, 1.54) is 30.2 Å². The van der Waals surface area contributed by atoms with Crippen LogP contribution in [-0.4, -0.2) is 20.2 Å². The van der Waals surface area contributed by atoms with Crippen LogP contribution in [0.1, 0.15) is 43.4 Å². The normalized spacial score (nSPS) is 14.9. The summed E-state index contributed by atoms with van der Waals surface area (Å²) >= 11 is 1.44. The molecule has 0 spiro atoms. The molecule has 6 nitrogen and oxygen atoms in total. The summed E-state index contributed by atoms with van der Waals surface area (Å²) in [4.78, 5) is 18.5. The first-order chi connectivity index (χ1) is 15.4. The smallest absolute Gasteiger partial charge is 0.226 e. The number of phenols is 1. The number of aromatic hydroxyl groups is 1. The van der Waals surface area contributed by atoms with Crippen molar-refractivity contribution < 1.29 is 14.1 Å². The van der Waals surface area contributed by atoms with Gasteiger partial charge >= 0.3 is 0 Å². The van der Waals surface area contributed by atoms with Crippen LogP contribution in [0.3, 0.4) is 0 Å². The van der Waals surface area contributed by atoms with Gasteiger partial charge in [0, 0.05) is 12.5 Å². The SMILES string of the molecule is Cc1ccc(-c2sc(NC(=O)CC3CCCC3)nc2C)cc1S(=O)Nc1cccc(O)c1. The van der Waals surface area contributed by atoms with Gasteiger partial charge in [0.2, 0.25) is 5.91 Å². The van der Waals surface area contributed by atoms with Crippen LogP contribution in [0.5, 0.6) is 5.75 Å². The van der Waals surface area contributed by atoms with Gasteiger partial charge in [-0.25, -0.2) is 9.19 Å². The lowest BCUT2D eigenvalue weighted by atomic mass is 10.0. The van der Waals surface area contributed by atoms with Gasteiger partial charge in [-0.15, -0.1) is 0 Å². The van der Waals surface area contributed by atoms with Crippen molar-refractivity contribution in [3.8, 4) is 16.2 Å². The third-order valence-corrected chi connectivity index (χ3v) is 8.08. The van der Waals surface area contributed by atoms with Crippen molar-refractivity contribution in [3.05, 3.63) is 53.7 Å². The molecule has 1 aliphatic carbocycles. The average Bonchev–Trinajstić information content (AvgIpc) is 3.37. The maximum atomic E-state index is 13.0. The maximum Gasteiger partial charge on any atom is 0.226 e. The standard InChI is InChI=1S/C24H27N3O3S2/c1-15-10-11-18(13-21(15)32(30)27-19-8-5-9-20(28)14-19)23-16(2)25-24(31-23)26-22(29)12-17-6-3-4-7-17/h5,8-11,13-14,17,27-28H,3-4,6-7,12H2,1-2H3,(H,25,26,29). The predicted molar refractivity (Wildman–Crippen MR) is 130 cm³/mol. The number of hydrogen-bond acceptors (Lipinski definition) is 5. The Kier molecular flexibility index (Phi) is 6.91. The van der Waals surface area contributed by atoms with Crippen LogP contribution in [0.4, 0.5) is 10.8 Å². The number of aromatic nitrogens is 1. The van der Waals surface area contributed by atoms with E-state index in [4.69, 9.17) is 0 Å². The number of rotatable bonds is 7. The molecule has 1 fully saturated rings. The van der Waals surface area contributed by atoms with Gasteiger partial charge in [-0.05, 0) is 61.9 Å². The Labute approximate surface area is 194 Å². The maximum absolute atomic E-state index is 13.0. The molecule has 4 rings (SSSR count). The molecule has 1 aliphatic rings. The second-order valence-corrected chi connectivity index (χ2v) is 10.4. The van der Waals surface area contributed by atoms with Gasteiger partial charge in [0.25, 0.3) is 0 Å². The molecule has 0 saturated heterocycles. The van der Waals surface area contributed by atoms with E-state index in [-0.39, 0.29) is 11.7 Å². The van der Waals surface area contributed by atoms with E-state index >= 15 is 0 Å². The zero-order valence-corrected chi connectivity index (χ0v) is 19.8. The molecule has 1 atom stereocenters. The van der Waals surface area contributed by atoms with Crippen LogP contribution in [-0.2, 0) is 15.8 Å². The summed E-state index contributed by atoms with van der Waals surface area (Å²) in [5.41, 5.74) is 3.21. The van der Waals surface area contributed by atoms with Crippen LogP contribution in [0.2, 0.25) is 0 Å². The third-order valence-electron chi connectivity index (χ3n) is 5.70. The molecule has 3 N–H and O–H groups in total. The average molecular weight is 470 g/mol. The Hall–Kier alpha value is -2.71. The van der Waals surface area contributed by atoms with Gasteiger partial charge in [-0.1, -0.05) is 42.4 Å². The lowest BCUT2D eigenvalue weighted by molar-refractivity contribution is -0.117. The molecule has 1 aromatic heterocycles. The van der Waals surface area contributed by atoms with Crippen LogP contribution >= 0.6 is 11.3 Å². The minimum Gasteiger partial charge on any atom is -0.508 e. The number of benzene rings is 2. The summed E-state index contributed by atoms with van der Waals surface area (Å²) in [6.45, 7) is 3.83. The van der Waals surface area contributed by atoms with Crippen LogP contribution in [0, 0.1) is 19.8 Å². The number of aryl methyl sites for hydroxylation is 2. The van der Waals surface area contributed by atoms with Crippen molar-refractivity contribution >= 4 is 39.0 Å². The lowest BCUT2D eigenvalue weighted by Gasteiger charge is -2.10. The molecular weight excluding hydrogens is 442 g/mol. The van der Waals surface area contributed by atoms with Gasteiger partial charge < -0.3 is 15.1 Å². The van der Waals surface area contributed by atoms with Crippen molar-refractivity contribution in [1.29, 1.82) is 0 Å². The van der Waals surface area contributed by atoms with E-state index in [2.05, 4.69) is 15.0 Å². The second kappa shape index (κ2) is 9.83. The Morgan fingerprint density at radius 3 is 2.72 bits per heavy atom. The lowest BCUT2D eigenvalue weighted by Crippen LogP contribution is -2.14. The minimum absolute atomic E-state index is 0.0261. The molecule has 1 unspecified atom stereocenters. The van der Waals surface area contributed by atoms with E-state index in [0.717, 1.165) is 34.5 Å². The van der Waals surface area contributed by atoms with Gasteiger partial charge in [-0.2, -0.15) is 0 Å². The first kappa shape index (κ1) is 22.5. The molecule has 168 valence electrons. The van der Waals surface area contributed by atoms with Crippen molar-refractivity contribution in [2.45, 2.75) is 50.8 Å². The minimum atomic E-state index is -1.50. The number of nitrogens with zero attached hydrogens (tertiary/aromatic N) is 1. The number of carbonyl (C=O) groups is 1. The summed E-state index contributed by atoms with van der Waals surface area (Å²) in [5.74, 6) is 0.627. The highest BCUT2D eigenvalue weighted by atomic mass is 32.2. The van der Waals surface area contributed by atoms with Crippen molar-refractivity contribution in [2.24, 2.45) is 5.92 Å². The molecule has 1 amide bonds. The summed E-state index contributed by atoms with van der Waals surface area (Å²) < 4.78 is 15.9. The third kappa shape index (κ3) is 5.37. The van der Waals surface area contributed by atoms with Crippen molar-refractivity contribution in [2.75, 3.05) is 10.0 Å². The highest BCUT2D eigenvalue weighted by Crippen LogP contribution is 2.35. The summed E-state index contributed by atoms with van der Waals surface area (Å²) in [6.07, 6.45) is 5.26. The van der Waals surface area contributed by atoms with E-state index < -0.39 is 11.0 Å². The monoisotopic (exact) mass is 469 g/mol. The molecule has 0 bridgehead atoms. The highest BCUT2D eigenvalue weighted by molar-refractivity contribution is 7.86. The number of phenolic OH excluding ortho intramolecular Hbond substituents is 1. The first-order valence-corrected chi connectivity index (χ1v) is 12.7. The molecule has 3 aromatic rings. The number of carbonyl (C=O) groups excluding carboxylic acids is 1. The van der Waals surface area contributed by atoms with Gasteiger partial charge in [-0.3, -0.25) is 4.79 Å². The number of nitrogens with one attached hydrogen (secondary N) is 2. The number of thiazole rings is 1. The van der Waals surface area contributed by atoms with Crippen LogP contribution < -0.4 is 10.0 Å². The Balaban J connectivity index is 1.51. The molecule has 1 heterocycles. The molecule has 0 radical (unpaired) electrons. The molecule has 1 saturated carbocycles. The van der Waals surface area contributed by atoms with Crippen molar-refractivity contribution in [1.82, 2.24) is 4.98 Å². The number of hydrogen-bond donors (Lipinski definition) is 3.